The zero-order valence-corrected chi connectivity index (χ0v) is 26.1. The molecule has 0 amide bonds. The van der Waals surface area contributed by atoms with Gasteiger partial charge in [0.1, 0.15) is 0 Å². The molecular formula is C44H36N2. The molecule has 1 aromatic heterocycles. The maximum Gasteiger partial charge on any atom is 0.0705 e. The van der Waals surface area contributed by atoms with Crippen LogP contribution in [0, 0.1) is 5.92 Å². The summed E-state index contributed by atoms with van der Waals surface area (Å²) in [7, 11) is 0. The average Bonchev–Trinajstić information content (AvgIpc) is 3.46. The summed E-state index contributed by atoms with van der Waals surface area (Å²) in [6, 6.07) is 49.6. The molecule has 3 aliphatic rings. The molecule has 0 fully saturated rings. The van der Waals surface area contributed by atoms with Gasteiger partial charge in [-0.05, 0) is 83.0 Å². The Kier molecular flexibility index (Phi) is 6.24. The van der Waals surface area contributed by atoms with Crippen molar-refractivity contribution in [3.63, 3.8) is 0 Å². The maximum atomic E-state index is 2.62. The third-order valence-electron chi connectivity index (χ3n) is 10.4. The van der Waals surface area contributed by atoms with Crippen LogP contribution >= 0.6 is 0 Å². The molecule has 46 heavy (non-hydrogen) atoms. The fourth-order valence-corrected chi connectivity index (χ4v) is 8.58. The van der Waals surface area contributed by atoms with Gasteiger partial charge in [0.2, 0.25) is 0 Å². The van der Waals surface area contributed by atoms with Crippen LogP contribution in [-0.2, 0) is 11.8 Å². The van der Waals surface area contributed by atoms with Gasteiger partial charge < -0.3 is 9.47 Å². The van der Waals surface area contributed by atoms with E-state index in [2.05, 4.69) is 180 Å². The number of benzene rings is 5. The van der Waals surface area contributed by atoms with Gasteiger partial charge in [0.15, 0.2) is 0 Å². The van der Waals surface area contributed by atoms with Crippen molar-refractivity contribution in [3.8, 4) is 5.69 Å². The molecule has 2 nitrogen and oxygen atoms in total. The van der Waals surface area contributed by atoms with E-state index in [-0.39, 0.29) is 6.04 Å². The SMILES string of the molecule is CC1C=CC=C2C1N(c1cccc(-n3c4c(c5ccccc53)CCC=C4)c1)c1ccccc1C2(c1ccccc1)c1ccccc1. The van der Waals surface area contributed by atoms with E-state index in [1.165, 1.54) is 61.5 Å². The second-order valence-corrected chi connectivity index (χ2v) is 12.9. The van der Waals surface area contributed by atoms with Gasteiger partial charge in [-0.25, -0.2) is 0 Å². The van der Waals surface area contributed by atoms with Gasteiger partial charge in [0.25, 0.3) is 0 Å². The number of allylic oxidation sites excluding steroid dienone is 3. The molecule has 2 heteroatoms. The zero-order valence-electron chi connectivity index (χ0n) is 26.1. The summed E-state index contributed by atoms with van der Waals surface area (Å²) in [6.45, 7) is 2.38. The van der Waals surface area contributed by atoms with Crippen LogP contribution in [0.3, 0.4) is 0 Å². The quantitative estimate of drug-likeness (QED) is 0.198. The molecule has 2 unspecified atom stereocenters. The summed E-state index contributed by atoms with van der Waals surface area (Å²) < 4.78 is 2.47. The monoisotopic (exact) mass is 592 g/mol. The summed E-state index contributed by atoms with van der Waals surface area (Å²) in [5.74, 6) is 0.298. The van der Waals surface area contributed by atoms with Crippen LogP contribution in [0.5, 0.6) is 0 Å². The Labute approximate surface area is 271 Å². The van der Waals surface area contributed by atoms with Crippen molar-refractivity contribution in [1.29, 1.82) is 0 Å². The summed E-state index contributed by atoms with van der Waals surface area (Å²) >= 11 is 0. The van der Waals surface area contributed by atoms with E-state index in [4.69, 9.17) is 0 Å². The highest BCUT2D eigenvalue weighted by molar-refractivity contribution is 5.91. The first kappa shape index (κ1) is 27.0. The van der Waals surface area contributed by atoms with Gasteiger partial charge in [0.05, 0.1) is 17.0 Å². The van der Waals surface area contributed by atoms with Crippen LogP contribution in [0.15, 0.2) is 163 Å². The highest BCUT2D eigenvalue weighted by Crippen LogP contribution is 2.57. The molecule has 2 heterocycles. The molecule has 9 rings (SSSR count). The van der Waals surface area contributed by atoms with E-state index in [1.807, 2.05) is 0 Å². The lowest BCUT2D eigenvalue weighted by Gasteiger charge is -2.53. The lowest BCUT2D eigenvalue weighted by atomic mass is 9.58. The standard InChI is InChI=1S/C44H36N2/c1-31-16-14-26-39-43(31)46(35-22-15-21-34(30-35)45-40-27-11-8-23-36(40)37-24-9-12-28-41(37)45)42-29-13-10-25-38(42)44(39,32-17-4-2-5-18-32)33-19-6-3-7-20-33/h2-8,10-23,25-31,43H,9,24H2,1H3. The molecule has 1 aliphatic heterocycles. The van der Waals surface area contributed by atoms with E-state index in [0.717, 1.165) is 12.8 Å². The number of aromatic nitrogens is 1. The summed E-state index contributed by atoms with van der Waals surface area (Å²) in [5, 5.41) is 1.36. The largest absolute Gasteiger partial charge is 0.333 e. The second kappa shape index (κ2) is 10.6. The number of para-hydroxylation sites is 2. The Bertz CT molecular complexity index is 2140. The van der Waals surface area contributed by atoms with Crippen molar-refractivity contribution in [3.05, 3.63) is 191 Å². The molecule has 6 aromatic rings. The van der Waals surface area contributed by atoms with Gasteiger partial charge in [-0.2, -0.15) is 0 Å². The molecule has 222 valence electrons. The number of hydrogen-bond donors (Lipinski definition) is 0. The average molecular weight is 593 g/mol. The fraction of sp³-hybridized carbons (Fsp3) is 0.136. The van der Waals surface area contributed by atoms with Gasteiger partial charge in [-0.15, -0.1) is 0 Å². The molecule has 0 bridgehead atoms. The highest BCUT2D eigenvalue weighted by Gasteiger charge is 2.51. The predicted molar refractivity (Wildman–Crippen MR) is 192 cm³/mol. The molecule has 0 N–H and O–H groups in total. The topological polar surface area (TPSA) is 8.17 Å². The van der Waals surface area contributed by atoms with Gasteiger partial charge in [0, 0.05) is 28.1 Å². The first-order valence-electron chi connectivity index (χ1n) is 16.5. The second-order valence-electron chi connectivity index (χ2n) is 12.9. The fourth-order valence-electron chi connectivity index (χ4n) is 8.58. The number of fused-ring (bicyclic) bond motifs is 5. The Balaban J connectivity index is 1.31. The van der Waals surface area contributed by atoms with Gasteiger partial charge in [-0.1, -0.05) is 134 Å². The van der Waals surface area contributed by atoms with Crippen molar-refractivity contribution >= 4 is 28.4 Å². The van der Waals surface area contributed by atoms with Crippen molar-refractivity contribution in [2.24, 2.45) is 5.92 Å². The zero-order chi connectivity index (χ0) is 30.7. The van der Waals surface area contributed by atoms with Crippen molar-refractivity contribution in [1.82, 2.24) is 4.57 Å². The normalized spacial score (nSPS) is 19.3. The number of anilines is 2. The van der Waals surface area contributed by atoms with E-state index in [9.17, 15) is 0 Å². The minimum absolute atomic E-state index is 0.130. The Morgan fingerprint density at radius 3 is 2.20 bits per heavy atom. The van der Waals surface area contributed by atoms with Crippen molar-refractivity contribution < 1.29 is 0 Å². The van der Waals surface area contributed by atoms with Crippen LogP contribution in [0.2, 0.25) is 0 Å². The lowest BCUT2D eigenvalue weighted by Crippen LogP contribution is -2.51. The molecule has 2 atom stereocenters. The van der Waals surface area contributed by atoms with Crippen molar-refractivity contribution in [2.75, 3.05) is 4.90 Å². The van der Waals surface area contributed by atoms with Crippen molar-refractivity contribution in [2.45, 2.75) is 31.2 Å². The lowest BCUT2D eigenvalue weighted by molar-refractivity contribution is 0.501. The summed E-state index contributed by atoms with van der Waals surface area (Å²) in [4.78, 5) is 2.62. The van der Waals surface area contributed by atoms with Crippen LogP contribution in [0.25, 0.3) is 22.7 Å². The van der Waals surface area contributed by atoms with E-state index in [0.29, 0.717) is 5.92 Å². The maximum absolute atomic E-state index is 2.62. The number of rotatable bonds is 4. The van der Waals surface area contributed by atoms with E-state index in [1.54, 1.807) is 0 Å². The predicted octanol–water partition coefficient (Wildman–Crippen LogP) is 10.6. The smallest absolute Gasteiger partial charge is 0.0705 e. The van der Waals surface area contributed by atoms with E-state index >= 15 is 0 Å². The number of hydrogen-bond acceptors (Lipinski definition) is 1. The van der Waals surface area contributed by atoms with Crippen LogP contribution in [-0.4, -0.2) is 10.6 Å². The third-order valence-corrected chi connectivity index (χ3v) is 10.4. The molecule has 0 radical (unpaired) electrons. The number of nitrogens with zero attached hydrogens (tertiary/aromatic N) is 2. The first-order valence-corrected chi connectivity index (χ1v) is 16.5. The highest BCUT2D eigenvalue weighted by atomic mass is 15.2. The summed E-state index contributed by atoms with van der Waals surface area (Å²) in [6.07, 6.45) is 13.9. The summed E-state index contributed by atoms with van der Waals surface area (Å²) in [5.41, 5.74) is 12.6. The molecule has 0 saturated heterocycles. The minimum Gasteiger partial charge on any atom is -0.333 e. The Morgan fingerprint density at radius 2 is 1.39 bits per heavy atom. The van der Waals surface area contributed by atoms with Gasteiger partial charge >= 0.3 is 0 Å². The molecular weight excluding hydrogens is 556 g/mol. The van der Waals surface area contributed by atoms with Crippen LogP contribution < -0.4 is 4.90 Å². The first-order chi connectivity index (χ1) is 22.8. The van der Waals surface area contributed by atoms with E-state index < -0.39 is 5.41 Å². The molecule has 0 spiro atoms. The van der Waals surface area contributed by atoms with Crippen LogP contribution in [0.1, 0.15) is 41.3 Å². The molecule has 5 aromatic carbocycles. The number of aryl methyl sites for hydroxylation is 1. The molecule has 2 aliphatic carbocycles. The Hall–Kier alpha value is -5.34. The van der Waals surface area contributed by atoms with Crippen LogP contribution in [0.4, 0.5) is 11.4 Å². The Morgan fingerprint density at radius 1 is 0.696 bits per heavy atom. The van der Waals surface area contributed by atoms with Gasteiger partial charge in [-0.3, -0.25) is 0 Å². The minimum atomic E-state index is -0.419. The molecule has 0 saturated carbocycles. The third kappa shape index (κ3) is 3.83.